The van der Waals surface area contributed by atoms with Crippen molar-refractivity contribution in [3.63, 3.8) is 0 Å². The summed E-state index contributed by atoms with van der Waals surface area (Å²) in [7, 11) is 0. The number of benzene rings is 1. The molecule has 7 heteroatoms. The standard InChI is InChI=1S/C13H9Cl2N3O2/c14-8-3-7(4-9(15)5-8)12-17-13(20-18-12)11-2-1-10(6-16)19-11/h1-5H,6,16H2. The highest BCUT2D eigenvalue weighted by molar-refractivity contribution is 6.35. The molecule has 0 bridgehead atoms. The Kier molecular flexibility index (Phi) is 3.48. The van der Waals surface area contributed by atoms with E-state index in [4.69, 9.17) is 37.9 Å². The molecule has 0 aliphatic carbocycles. The second kappa shape index (κ2) is 5.28. The maximum atomic E-state index is 5.94. The Morgan fingerprint density at radius 1 is 1.10 bits per heavy atom. The first-order chi connectivity index (χ1) is 9.65. The molecule has 0 spiro atoms. The van der Waals surface area contributed by atoms with Crippen molar-refractivity contribution < 1.29 is 8.94 Å². The average Bonchev–Trinajstić information content (AvgIpc) is 3.06. The molecule has 20 heavy (non-hydrogen) atoms. The predicted molar refractivity (Wildman–Crippen MR) is 75.3 cm³/mol. The van der Waals surface area contributed by atoms with E-state index in [-0.39, 0.29) is 5.89 Å². The van der Waals surface area contributed by atoms with Crippen LogP contribution in [0.1, 0.15) is 5.76 Å². The largest absolute Gasteiger partial charge is 0.455 e. The van der Waals surface area contributed by atoms with Crippen LogP contribution in [0.2, 0.25) is 10.0 Å². The van der Waals surface area contributed by atoms with E-state index in [0.717, 1.165) is 0 Å². The number of nitrogens with two attached hydrogens (primary N) is 1. The molecule has 0 aliphatic heterocycles. The zero-order chi connectivity index (χ0) is 14.1. The van der Waals surface area contributed by atoms with Crippen molar-refractivity contribution >= 4 is 23.2 Å². The fraction of sp³-hybridized carbons (Fsp3) is 0.0769. The minimum Gasteiger partial charge on any atom is -0.455 e. The van der Waals surface area contributed by atoms with E-state index in [0.29, 0.717) is 39.5 Å². The zero-order valence-electron chi connectivity index (χ0n) is 10.1. The lowest BCUT2D eigenvalue weighted by molar-refractivity contribution is 0.412. The van der Waals surface area contributed by atoms with Gasteiger partial charge in [0.25, 0.3) is 5.89 Å². The summed E-state index contributed by atoms with van der Waals surface area (Å²) >= 11 is 11.9. The van der Waals surface area contributed by atoms with E-state index >= 15 is 0 Å². The molecule has 0 radical (unpaired) electrons. The van der Waals surface area contributed by atoms with Gasteiger partial charge in [0.2, 0.25) is 5.82 Å². The van der Waals surface area contributed by atoms with Crippen LogP contribution in [0.4, 0.5) is 0 Å². The summed E-state index contributed by atoms with van der Waals surface area (Å²) < 4.78 is 10.6. The molecule has 0 atom stereocenters. The molecule has 5 nitrogen and oxygen atoms in total. The van der Waals surface area contributed by atoms with E-state index in [1.54, 1.807) is 30.3 Å². The number of hydrogen-bond donors (Lipinski definition) is 1. The van der Waals surface area contributed by atoms with Crippen molar-refractivity contribution in [3.8, 4) is 23.0 Å². The second-order valence-electron chi connectivity index (χ2n) is 4.05. The van der Waals surface area contributed by atoms with Crippen LogP contribution in [-0.4, -0.2) is 10.1 Å². The SMILES string of the molecule is NCc1ccc(-c2nc(-c3cc(Cl)cc(Cl)c3)no2)o1. The van der Waals surface area contributed by atoms with Crippen molar-refractivity contribution in [2.75, 3.05) is 0 Å². The first kappa shape index (κ1) is 13.2. The summed E-state index contributed by atoms with van der Waals surface area (Å²) in [5.74, 6) is 1.77. The summed E-state index contributed by atoms with van der Waals surface area (Å²) in [5, 5.41) is 4.89. The minimum atomic E-state index is 0.274. The molecule has 0 fully saturated rings. The van der Waals surface area contributed by atoms with Crippen LogP contribution < -0.4 is 5.73 Å². The lowest BCUT2D eigenvalue weighted by Gasteiger charge is -1.96. The van der Waals surface area contributed by atoms with Crippen LogP contribution >= 0.6 is 23.2 Å². The van der Waals surface area contributed by atoms with Gasteiger partial charge in [-0.15, -0.1) is 0 Å². The molecule has 1 aromatic carbocycles. The monoisotopic (exact) mass is 309 g/mol. The maximum Gasteiger partial charge on any atom is 0.293 e. The smallest absolute Gasteiger partial charge is 0.293 e. The topological polar surface area (TPSA) is 78.1 Å². The second-order valence-corrected chi connectivity index (χ2v) is 4.92. The Morgan fingerprint density at radius 3 is 2.50 bits per heavy atom. The van der Waals surface area contributed by atoms with Crippen molar-refractivity contribution in [2.45, 2.75) is 6.54 Å². The van der Waals surface area contributed by atoms with E-state index in [2.05, 4.69) is 10.1 Å². The summed E-state index contributed by atoms with van der Waals surface area (Å²) in [6, 6.07) is 8.53. The Morgan fingerprint density at radius 2 is 1.85 bits per heavy atom. The Bertz CT molecular complexity index is 731. The fourth-order valence-electron chi connectivity index (χ4n) is 1.73. The number of furan rings is 1. The third-order valence-electron chi connectivity index (χ3n) is 2.62. The summed E-state index contributed by atoms with van der Waals surface area (Å²) in [5.41, 5.74) is 6.15. The van der Waals surface area contributed by atoms with Gasteiger partial charge in [0.1, 0.15) is 5.76 Å². The normalized spacial score (nSPS) is 10.9. The molecule has 0 amide bonds. The molecule has 3 aromatic rings. The number of nitrogens with zero attached hydrogens (tertiary/aromatic N) is 2. The number of hydrogen-bond acceptors (Lipinski definition) is 5. The molecular weight excluding hydrogens is 301 g/mol. The van der Waals surface area contributed by atoms with Gasteiger partial charge in [0.05, 0.1) is 6.54 Å². The van der Waals surface area contributed by atoms with Crippen LogP contribution in [0.15, 0.2) is 39.3 Å². The molecule has 102 valence electrons. The molecule has 0 unspecified atom stereocenters. The molecular formula is C13H9Cl2N3O2. The van der Waals surface area contributed by atoms with Gasteiger partial charge in [-0.25, -0.2) is 0 Å². The van der Waals surface area contributed by atoms with Gasteiger partial charge in [0.15, 0.2) is 5.76 Å². The average molecular weight is 310 g/mol. The van der Waals surface area contributed by atoms with Gasteiger partial charge in [-0.1, -0.05) is 28.4 Å². The predicted octanol–water partition coefficient (Wildman–Crippen LogP) is 3.76. The van der Waals surface area contributed by atoms with Crippen molar-refractivity contribution in [1.29, 1.82) is 0 Å². The molecule has 2 aromatic heterocycles. The maximum absolute atomic E-state index is 5.94. The van der Waals surface area contributed by atoms with Gasteiger partial charge in [0, 0.05) is 15.6 Å². The lowest BCUT2D eigenvalue weighted by atomic mass is 10.2. The number of halogens is 2. The third kappa shape index (κ3) is 2.56. The molecule has 2 N–H and O–H groups in total. The molecule has 0 aliphatic rings. The highest BCUT2D eigenvalue weighted by Gasteiger charge is 2.14. The summed E-state index contributed by atoms with van der Waals surface area (Å²) in [6.45, 7) is 0.310. The first-order valence-corrected chi connectivity index (χ1v) is 6.50. The van der Waals surface area contributed by atoms with E-state index in [9.17, 15) is 0 Å². The molecule has 0 saturated carbocycles. The van der Waals surface area contributed by atoms with E-state index in [1.165, 1.54) is 0 Å². The van der Waals surface area contributed by atoms with Crippen molar-refractivity contribution in [1.82, 2.24) is 10.1 Å². The first-order valence-electron chi connectivity index (χ1n) is 5.75. The van der Waals surface area contributed by atoms with Crippen molar-refractivity contribution in [3.05, 3.63) is 46.1 Å². The van der Waals surface area contributed by atoms with Crippen LogP contribution in [0.5, 0.6) is 0 Å². The molecule has 2 heterocycles. The summed E-state index contributed by atoms with van der Waals surface area (Å²) in [4.78, 5) is 4.25. The number of rotatable bonds is 3. The van der Waals surface area contributed by atoms with Gasteiger partial charge < -0.3 is 14.7 Å². The quantitative estimate of drug-likeness (QED) is 0.797. The van der Waals surface area contributed by atoms with Gasteiger partial charge in [-0.2, -0.15) is 4.98 Å². The van der Waals surface area contributed by atoms with Crippen LogP contribution in [0, 0.1) is 0 Å². The third-order valence-corrected chi connectivity index (χ3v) is 3.06. The zero-order valence-corrected chi connectivity index (χ0v) is 11.6. The highest BCUT2D eigenvalue weighted by Crippen LogP contribution is 2.28. The molecule has 0 saturated heterocycles. The Hall–Kier alpha value is -1.82. The van der Waals surface area contributed by atoms with Crippen LogP contribution in [-0.2, 0) is 6.54 Å². The van der Waals surface area contributed by atoms with Crippen LogP contribution in [0.3, 0.4) is 0 Å². The molecule has 3 rings (SSSR count). The van der Waals surface area contributed by atoms with Gasteiger partial charge in [-0.3, -0.25) is 0 Å². The highest BCUT2D eigenvalue weighted by atomic mass is 35.5. The van der Waals surface area contributed by atoms with Gasteiger partial charge in [-0.05, 0) is 30.3 Å². The van der Waals surface area contributed by atoms with Crippen molar-refractivity contribution in [2.24, 2.45) is 5.73 Å². The van der Waals surface area contributed by atoms with E-state index < -0.39 is 0 Å². The van der Waals surface area contributed by atoms with Crippen LogP contribution in [0.25, 0.3) is 23.0 Å². The Labute approximate surface area is 124 Å². The lowest BCUT2D eigenvalue weighted by Crippen LogP contribution is -1.92. The Balaban J connectivity index is 1.97. The fourth-order valence-corrected chi connectivity index (χ4v) is 2.25. The number of aromatic nitrogens is 2. The van der Waals surface area contributed by atoms with E-state index in [1.807, 2.05) is 0 Å². The van der Waals surface area contributed by atoms with Gasteiger partial charge >= 0.3 is 0 Å². The minimum absolute atomic E-state index is 0.274. The summed E-state index contributed by atoms with van der Waals surface area (Å²) in [6.07, 6.45) is 0.